The monoisotopic (exact) mass is 503 g/mol. The van der Waals surface area contributed by atoms with Crippen molar-refractivity contribution in [1.82, 2.24) is 10.4 Å². The molecule has 0 aliphatic carbocycles. The largest absolute Gasteiger partial charge is 0.489 e. The molecule has 2 aromatic carbocycles. The number of hydrogen-bond donors (Lipinski definition) is 3. The number of hydrogen-bond acceptors (Lipinski definition) is 6. The predicted molar refractivity (Wildman–Crippen MR) is 145 cm³/mol. The first-order chi connectivity index (χ1) is 17.0. The van der Waals surface area contributed by atoms with Gasteiger partial charge in [0.15, 0.2) is 0 Å². The lowest BCUT2D eigenvalue weighted by molar-refractivity contribution is 0.306. The zero-order valence-electron chi connectivity index (χ0n) is 19.5. The fourth-order valence-electron chi connectivity index (χ4n) is 3.89. The van der Waals surface area contributed by atoms with Crippen LogP contribution in [0.15, 0.2) is 65.2 Å². The smallest absolute Gasteiger partial charge is 0.137 e. The van der Waals surface area contributed by atoms with E-state index in [1.165, 1.54) is 10.1 Å². The van der Waals surface area contributed by atoms with Crippen molar-refractivity contribution in [1.29, 1.82) is 0 Å². The molecule has 35 heavy (non-hydrogen) atoms. The fourth-order valence-corrected chi connectivity index (χ4v) is 4.99. The van der Waals surface area contributed by atoms with Crippen molar-refractivity contribution < 1.29 is 4.74 Å². The number of aryl methyl sites for hydroxylation is 1. The van der Waals surface area contributed by atoms with Crippen LogP contribution in [0.5, 0.6) is 5.75 Å². The first-order valence-electron chi connectivity index (χ1n) is 11.0. The standard InChI is InChI=1S/C27H26ClN5OS/c1-3-4-20(12-27(32-29)33-30)19-6-8-21(9-7-19)34-15-18-5-10-25-23(11-18)24(16-35-25)22-13-26(28)31-14-17(22)2/h5-11,13-14,16,20H,12,15,29-30H2,1-2H3,(H,32,33). The van der Waals surface area contributed by atoms with E-state index in [1.54, 1.807) is 18.3 Å². The van der Waals surface area contributed by atoms with Crippen LogP contribution >= 0.6 is 22.9 Å². The fraction of sp³-hybridized carbons (Fsp3) is 0.185. The number of fused-ring (bicyclic) bond motifs is 1. The number of rotatable bonds is 7. The zero-order chi connectivity index (χ0) is 24.8. The Kier molecular flexibility index (Phi) is 7.88. The van der Waals surface area contributed by atoms with Crippen molar-refractivity contribution in [3.05, 3.63) is 82.0 Å². The van der Waals surface area contributed by atoms with Crippen LogP contribution in [0.1, 0.15) is 36.0 Å². The molecule has 1 atom stereocenters. The maximum absolute atomic E-state index is 6.17. The molecule has 4 aromatic rings. The van der Waals surface area contributed by atoms with Gasteiger partial charge < -0.3 is 16.0 Å². The number of amidine groups is 1. The number of nitrogens with one attached hydrogen (secondary N) is 1. The molecule has 0 fully saturated rings. The van der Waals surface area contributed by atoms with Gasteiger partial charge in [0.05, 0.1) is 5.92 Å². The van der Waals surface area contributed by atoms with Gasteiger partial charge in [-0.2, -0.15) is 5.10 Å². The van der Waals surface area contributed by atoms with E-state index in [2.05, 4.69) is 50.9 Å². The number of hydrazine groups is 1. The summed E-state index contributed by atoms with van der Waals surface area (Å²) in [5.41, 5.74) is 8.00. The van der Waals surface area contributed by atoms with Crippen LogP contribution in [0.4, 0.5) is 0 Å². The summed E-state index contributed by atoms with van der Waals surface area (Å²) in [6, 6.07) is 16.3. The molecule has 0 saturated carbocycles. The van der Waals surface area contributed by atoms with Crippen molar-refractivity contribution >= 4 is 38.9 Å². The van der Waals surface area contributed by atoms with E-state index in [0.717, 1.165) is 33.6 Å². The highest BCUT2D eigenvalue weighted by Gasteiger charge is 2.13. The number of thiophene rings is 1. The van der Waals surface area contributed by atoms with Gasteiger partial charge in [-0.15, -0.1) is 17.3 Å². The summed E-state index contributed by atoms with van der Waals surface area (Å²) < 4.78 is 7.30. The van der Waals surface area contributed by atoms with Gasteiger partial charge in [0.25, 0.3) is 0 Å². The highest BCUT2D eigenvalue weighted by atomic mass is 35.5. The lowest BCUT2D eigenvalue weighted by atomic mass is 9.95. The van der Waals surface area contributed by atoms with Crippen LogP contribution < -0.4 is 21.8 Å². The van der Waals surface area contributed by atoms with Crippen molar-refractivity contribution in [2.75, 3.05) is 0 Å². The van der Waals surface area contributed by atoms with Gasteiger partial charge in [-0.25, -0.2) is 10.8 Å². The highest BCUT2D eigenvalue weighted by Crippen LogP contribution is 2.37. The summed E-state index contributed by atoms with van der Waals surface area (Å²) in [5.74, 6) is 18.2. The molecule has 2 aromatic heterocycles. The molecule has 0 bridgehead atoms. The van der Waals surface area contributed by atoms with Crippen LogP contribution in [0.3, 0.4) is 0 Å². The van der Waals surface area contributed by atoms with Crippen LogP contribution in [-0.4, -0.2) is 10.8 Å². The van der Waals surface area contributed by atoms with Crippen LogP contribution in [0.2, 0.25) is 5.15 Å². The third-order valence-corrected chi connectivity index (χ3v) is 6.89. The van der Waals surface area contributed by atoms with Gasteiger partial charge in [-0.3, -0.25) is 0 Å². The predicted octanol–water partition coefficient (Wildman–Crippen LogP) is 5.74. The first kappa shape index (κ1) is 24.6. The summed E-state index contributed by atoms with van der Waals surface area (Å²) >= 11 is 7.88. The van der Waals surface area contributed by atoms with Crippen molar-refractivity contribution in [2.45, 2.75) is 32.8 Å². The Labute approximate surface area is 213 Å². The molecule has 0 radical (unpaired) electrons. The second-order valence-corrected chi connectivity index (χ2v) is 9.33. The number of benzene rings is 2. The molecule has 0 saturated heterocycles. The average Bonchev–Trinajstić information content (AvgIpc) is 3.30. The van der Waals surface area contributed by atoms with Crippen molar-refractivity contribution in [2.24, 2.45) is 16.8 Å². The Bertz CT molecular complexity index is 1420. The van der Waals surface area contributed by atoms with E-state index >= 15 is 0 Å². The molecule has 2 heterocycles. The van der Waals surface area contributed by atoms with Crippen LogP contribution in [0.25, 0.3) is 21.2 Å². The van der Waals surface area contributed by atoms with E-state index < -0.39 is 0 Å². The molecule has 1 unspecified atom stereocenters. The summed E-state index contributed by atoms with van der Waals surface area (Å²) in [4.78, 5) is 4.18. The molecule has 0 aliphatic rings. The number of hydrazone groups is 1. The minimum atomic E-state index is -0.0723. The van der Waals surface area contributed by atoms with E-state index in [1.807, 2.05) is 43.5 Å². The molecular formula is C27H26ClN5OS. The van der Waals surface area contributed by atoms with Crippen LogP contribution in [0, 0.1) is 18.8 Å². The number of nitrogens with zero attached hydrogens (tertiary/aromatic N) is 2. The quantitative estimate of drug-likeness (QED) is 0.0746. The van der Waals surface area contributed by atoms with Crippen molar-refractivity contribution in [3.8, 4) is 28.7 Å². The summed E-state index contributed by atoms with van der Waals surface area (Å²) in [7, 11) is 0. The summed E-state index contributed by atoms with van der Waals surface area (Å²) in [6.07, 6.45) is 2.31. The number of ether oxygens (including phenoxy) is 1. The Balaban J connectivity index is 1.50. The van der Waals surface area contributed by atoms with E-state index in [9.17, 15) is 0 Å². The Morgan fingerprint density at radius 1 is 1.20 bits per heavy atom. The SMILES string of the molecule is CC#CC(C/C(=N/N)NN)c1ccc(OCc2ccc3scc(-c4cc(Cl)ncc4C)c3c2)cc1. The molecule has 4 rings (SSSR count). The number of nitrogens with two attached hydrogens (primary N) is 2. The Morgan fingerprint density at radius 3 is 2.71 bits per heavy atom. The van der Waals surface area contributed by atoms with Gasteiger partial charge >= 0.3 is 0 Å². The Hall–Kier alpha value is -3.57. The van der Waals surface area contributed by atoms with Gasteiger partial charge in [0.1, 0.15) is 23.3 Å². The molecular weight excluding hydrogens is 478 g/mol. The molecule has 178 valence electrons. The maximum atomic E-state index is 6.17. The van der Waals surface area contributed by atoms with Gasteiger partial charge in [0.2, 0.25) is 0 Å². The zero-order valence-corrected chi connectivity index (χ0v) is 21.1. The number of aromatic nitrogens is 1. The van der Waals surface area contributed by atoms with Gasteiger partial charge in [0, 0.05) is 28.3 Å². The normalized spacial score (nSPS) is 12.2. The third-order valence-electron chi connectivity index (χ3n) is 5.72. The van der Waals surface area contributed by atoms with Gasteiger partial charge in [-0.05, 0) is 71.8 Å². The first-order valence-corrected chi connectivity index (χ1v) is 12.3. The summed E-state index contributed by atoms with van der Waals surface area (Å²) in [5, 5.41) is 7.51. The van der Waals surface area contributed by atoms with E-state index in [-0.39, 0.29) is 5.92 Å². The minimum absolute atomic E-state index is 0.0723. The van der Waals surface area contributed by atoms with Gasteiger partial charge in [-0.1, -0.05) is 35.7 Å². The van der Waals surface area contributed by atoms with Crippen molar-refractivity contribution in [3.63, 3.8) is 0 Å². The topological polar surface area (TPSA) is 98.5 Å². The molecule has 0 amide bonds. The lowest BCUT2D eigenvalue weighted by Gasteiger charge is -2.13. The number of halogens is 1. The maximum Gasteiger partial charge on any atom is 0.137 e. The average molecular weight is 504 g/mol. The molecule has 5 N–H and O–H groups in total. The number of pyridine rings is 1. The molecule has 0 spiro atoms. The lowest BCUT2D eigenvalue weighted by Crippen LogP contribution is -2.32. The minimum Gasteiger partial charge on any atom is -0.489 e. The highest BCUT2D eigenvalue weighted by molar-refractivity contribution is 7.17. The molecule has 0 aliphatic heterocycles. The molecule has 8 heteroatoms. The van der Waals surface area contributed by atoms with E-state index in [4.69, 9.17) is 28.0 Å². The second-order valence-electron chi connectivity index (χ2n) is 8.03. The molecule has 6 nitrogen and oxygen atoms in total. The third kappa shape index (κ3) is 5.75. The summed E-state index contributed by atoms with van der Waals surface area (Å²) in [6.45, 7) is 4.31. The van der Waals surface area contributed by atoms with E-state index in [0.29, 0.717) is 24.0 Å². The Morgan fingerprint density at radius 2 is 2.00 bits per heavy atom. The second kappa shape index (κ2) is 11.2. The van der Waals surface area contributed by atoms with Crippen LogP contribution in [-0.2, 0) is 6.61 Å².